The normalized spacial score (nSPS) is 24.7. The van der Waals surface area contributed by atoms with E-state index in [1.165, 1.54) is 0 Å². The second-order valence-corrected chi connectivity index (χ2v) is 6.65. The highest BCUT2D eigenvalue weighted by Gasteiger charge is 2.52. The molecule has 0 aliphatic carbocycles. The summed E-state index contributed by atoms with van der Waals surface area (Å²) in [4.78, 5) is 25.0. The lowest BCUT2D eigenvalue weighted by Gasteiger charge is -2.20. The maximum absolute atomic E-state index is 12.5. The number of benzene rings is 2. The summed E-state index contributed by atoms with van der Waals surface area (Å²) in [5, 5.41) is 9.59. The lowest BCUT2D eigenvalue weighted by molar-refractivity contribution is -0.120. The maximum Gasteiger partial charge on any atom is 0.241 e. The molecule has 2 atom stereocenters. The Labute approximate surface area is 144 Å². The summed E-state index contributed by atoms with van der Waals surface area (Å²) >= 11 is 5.85. The number of carbonyl (C=O) groups is 2. The van der Waals surface area contributed by atoms with Crippen LogP contribution in [-0.4, -0.2) is 24.4 Å². The van der Waals surface area contributed by atoms with Gasteiger partial charge in [0.15, 0.2) is 0 Å². The molecule has 2 amide bonds. The first kappa shape index (κ1) is 15.2. The van der Waals surface area contributed by atoms with E-state index in [0.717, 1.165) is 11.3 Å². The van der Waals surface area contributed by atoms with Crippen LogP contribution in [0.3, 0.4) is 0 Å². The number of hydrogen-bond acceptors (Lipinski definition) is 3. The van der Waals surface area contributed by atoms with E-state index in [1.807, 2.05) is 24.3 Å². The van der Waals surface area contributed by atoms with E-state index in [-0.39, 0.29) is 11.8 Å². The summed E-state index contributed by atoms with van der Waals surface area (Å²) in [6, 6.07) is 14.2. The molecule has 2 aromatic carbocycles. The van der Waals surface area contributed by atoms with Crippen molar-refractivity contribution in [3.63, 3.8) is 0 Å². The predicted molar refractivity (Wildman–Crippen MR) is 93.2 cm³/mol. The van der Waals surface area contributed by atoms with Crippen molar-refractivity contribution in [3.8, 4) is 0 Å². The molecule has 2 aromatic rings. The molecule has 2 unspecified atom stereocenters. The number of para-hydroxylation sites is 1. The number of amides is 2. The smallest absolute Gasteiger partial charge is 0.241 e. The van der Waals surface area contributed by atoms with Crippen LogP contribution < -0.4 is 16.0 Å². The van der Waals surface area contributed by atoms with Gasteiger partial charge in [-0.3, -0.25) is 9.59 Å². The molecule has 2 aliphatic heterocycles. The Kier molecular flexibility index (Phi) is 3.55. The van der Waals surface area contributed by atoms with Crippen molar-refractivity contribution in [2.45, 2.75) is 17.9 Å². The van der Waals surface area contributed by atoms with E-state index in [2.05, 4.69) is 16.0 Å². The topological polar surface area (TPSA) is 70.2 Å². The first-order valence-corrected chi connectivity index (χ1v) is 8.17. The van der Waals surface area contributed by atoms with Gasteiger partial charge in [0.25, 0.3) is 0 Å². The Morgan fingerprint density at radius 2 is 1.92 bits per heavy atom. The van der Waals surface area contributed by atoms with Crippen LogP contribution in [0.15, 0.2) is 48.5 Å². The van der Waals surface area contributed by atoms with Gasteiger partial charge in [-0.25, -0.2) is 0 Å². The average Bonchev–Trinajstić information content (AvgIpc) is 3.14. The molecule has 0 radical (unpaired) electrons. The van der Waals surface area contributed by atoms with Crippen molar-refractivity contribution in [1.82, 2.24) is 5.32 Å². The van der Waals surface area contributed by atoms with Gasteiger partial charge in [-0.1, -0.05) is 29.8 Å². The van der Waals surface area contributed by atoms with Crippen LogP contribution in [0.4, 0.5) is 11.4 Å². The molecule has 3 N–H and O–H groups in total. The van der Waals surface area contributed by atoms with Gasteiger partial charge in [-0.2, -0.15) is 0 Å². The monoisotopic (exact) mass is 341 g/mol. The van der Waals surface area contributed by atoms with Gasteiger partial charge in [0.2, 0.25) is 11.8 Å². The molecular weight excluding hydrogens is 326 g/mol. The molecule has 1 fully saturated rings. The summed E-state index contributed by atoms with van der Waals surface area (Å²) in [6.07, 6.45) is 0.440. The lowest BCUT2D eigenvalue weighted by Crippen LogP contribution is -2.36. The number of carbonyl (C=O) groups excluding carboxylic acids is 2. The van der Waals surface area contributed by atoms with Gasteiger partial charge in [0, 0.05) is 22.9 Å². The molecule has 122 valence electrons. The zero-order chi connectivity index (χ0) is 16.7. The Morgan fingerprint density at radius 1 is 1.17 bits per heavy atom. The van der Waals surface area contributed by atoms with Crippen molar-refractivity contribution >= 4 is 34.8 Å². The Hall–Kier alpha value is -2.37. The fourth-order valence-electron chi connectivity index (χ4n) is 3.49. The third-order valence-corrected chi connectivity index (χ3v) is 5.01. The Bertz CT molecular complexity index is 821. The van der Waals surface area contributed by atoms with Crippen molar-refractivity contribution in [3.05, 3.63) is 59.1 Å². The van der Waals surface area contributed by atoms with Crippen LogP contribution in [0, 0.1) is 0 Å². The number of halogens is 1. The minimum Gasteiger partial charge on any atom is -0.325 e. The largest absolute Gasteiger partial charge is 0.325 e. The fourth-order valence-corrected chi connectivity index (χ4v) is 3.62. The molecule has 1 spiro atoms. The molecule has 0 aromatic heterocycles. The molecule has 1 saturated heterocycles. The highest BCUT2D eigenvalue weighted by atomic mass is 35.5. The van der Waals surface area contributed by atoms with Crippen molar-refractivity contribution in [2.75, 3.05) is 17.2 Å². The van der Waals surface area contributed by atoms with E-state index in [9.17, 15) is 9.59 Å². The minimum atomic E-state index is -0.668. The van der Waals surface area contributed by atoms with Gasteiger partial charge >= 0.3 is 0 Å². The first-order chi connectivity index (χ1) is 11.6. The lowest BCUT2D eigenvalue weighted by atomic mass is 9.79. The van der Waals surface area contributed by atoms with Gasteiger partial charge in [-0.05, 0) is 42.3 Å². The average molecular weight is 342 g/mol. The first-order valence-electron chi connectivity index (χ1n) is 7.79. The number of anilines is 2. The van der Waals surface area contributed by atoms with Crippen LogP contribution in [-0.2, 0) is 15.0 Å². The fraction of sp³-hybridized carbons (Fsp3) is 0.222. The highest BCUT2D eigenvalue weighted by Crippen LogP contribution is 2.43. The number of hydrogen-bond donors (Lipinski definition) is 3. The molecular formula is C18H16ClN3O2. The third kappa shape index (κ3) is 2.37. The number of nitrogens with one attached hydrogen (secondary N) is 3. The van der Waals surface area contributed by atoms with Crippen LogP contribution in [0.1, 0.15) is 12.0 Å². The summed E-state index contributed by atoms with van der Waals surface area (Å²) < 4.78 is 0. The molecule has 2 heterocycles. The molecule has 0 saturated carbocycles. The van der Waals surface area contributed by atoms with Gasteiger partial charge in [-0.15, -0.1) is 0 Å². The van der Waals surface area contributed by atoms with Gasteiger partial charge in [0.1, 0.15) is 0 Å². The predicted octanol–water partition coefficient (Wildman–Crippen LogP) is 2.53. The second-order valence-electron chi connectivity index (χ2n) is 6.22. The van der Waals surface area contributed by atoms with E-state index < -0.39 is 11.5 Å². The second kappa shape index (κ2) is 5.61. The number of fused-ring (bicyclic) bond motifs is 2. The summed E-state index contributed by atoms with van der Waals surface area (Å²) in [6.45, 7) is 0.453. The Morgan fingerprint density at radius 3 is 2.71 bits per heavy atom. The Balaban J connectivity index is 1.53. The van der Waals surface area contributed by atoms with Crippen molar-refractivity contribution < 1.29 is 9.59 Å². The minimum absolute atomic E-state index is 0.0435. The summed E-state index contributed by atoms with van der Waals surface area (Å²) in [5.41, 5.74) is 1.81. The van der Waals surface area contributed by atoms with Crippen LogP contribution >= 0.6 is 11.6 Å². The van der Waals surface area contributed by atoms with E-state index in [1.54, 1.807) is 24.3 Å². The molecule has 5 nitrogen and oxygen atoms in total. The van der Waals surface area contributed by atoms with Crippen LogP contribution in [0.5, 0.6) is 0 Å². The third-order valence-electron chi connectivity index (χ3n) is 4.76. The van der Waals surface area contributed by atoms with E-state index in [0.29, 0.717) is 23.7 Å². The zero-order valence-electron chi connectivity index (χ0n) is 12.8. The SMILES string of the molecule is O=C(Nc1ccc(Cl)cc1)C1CC2(CN1)C(=O)Nc1ccccc12. The molecule has 6 heteroatoms. The maximum atomic E-state index is 12.5. The standard InChI is InChI=1S/C18H16ClN3O2/c19-11-5-7-12(8-6-11)21-16(23)15-9-18(10-20-15)13-3-1-2-4-14(13)22-17(18)24/h1-8,15,20H,9-10H2,(H,21,23)(H,22,24). The van der Waals surface area contributed by atoms with Gasteiger partial charge < -0.3 is 16.0 Å². The van der Waals surface area contributed by atoms with Crippen molar-refractivity contribution in [1.29, 1.82) is 0 Å². The van der Waals surface area contributed by atoms with Crippen molar-refractivity contribution in [2.24, 2.45) is 0 Å². The summed E-state index contributed by atoms with van der Waals surface area (Å²) in [5.74, 6) is -0.190. The van der Waals surface area contributed by atoms with Crippen LogP contribution in [0.25, 0.3) is 0 Å². The van der Waals surface area contributed by atoms with Crippen LogP contribution in [0.2, 0.25) is 5.02 Å². The zero-order valence-corrected chi connectivity index (χ0v) is 13.6. The van der Waals surface area contributed by atoms with Gasteiger partial charge in [0.05, 0.1) is 11.5 Å². The summed E-state index contributed by atoms with van der Waals surface area (Å²) in [7, 11) is 0. The number of rotatable bonds is 2. The highest BCUT2D eigenvalue weighted by molar-refractivity contribution is 6.30. The molecule has 2 aliphatic rings. The van der Waals surface area contributed by atoms with E-state index in [4.69, 9.17) is 11.6 Å². The molecule has 0 bridgehead atoms. The molecule has 24 heavy (non-hydrogen) atoms. The molecule has 4 rings (SSSR count). The van der Waals surface area contributed by atoms with E-state index >= 15 is 0 Å². The quantitative estimate of drug-likeness (QED) is 0.786.